The summed E-state index contributed by atoms with van der Waals surface area (Å²) in [6.45, 7) is 0. The molecular weight excluding hydrogens is 147 g/mol. The molecule has 1 rings (SSSR count). The zero-order chi connectivity index (χ0) is 7.78. The number of hydrogen-bond donors (Lipinski definition) is 1. The number of rotatable bonds is 0. The third-order valence-electron chi connectivity index (χ3n) is 0.935. The van der Waals surface area contributed by atoms with Gasteiger partial charge in [0.1, 0.15) is 0 Å². The summed E-state index contributed by atoms with van der Waals surface area (Å²) in [5, 5.41) is 1.13. The van der Waals surface area contributed by atoms with Crippen molar-refractivity contribution in [1.82, 2.24) is 16.0 Å². The molecule has 0 fully saturated rings. The van der Waals surface area contributed by atoms with Crippen LogP contribution >= 0.6 is 0 Å². The van der Waals surface area contributed by atoms with Gasteiger partial charge in [0.15, 0.2) is 5.70 Å². The third-order valence-corrected chi connectivity index (χ3v) is 0.935. The van der Waals surface area contributed by atoms with Crippen molar-refractivity contribution in [3.63, 3.8) is 0 Å². The van der Waals surface area contributed by atoms with Crippen LogP contribution in [0.15, 0.2) is 11.9 Å². The Morgan fingerprint density at radius 1 is 1.60 bits per heavy atom. The lowest BCUT2D eigenvalue weighted by atomic mass is 10.5. The highest BCUT2D eigenvalue weighted by molar-refractivity contribution is 5.06. The minimum atomic E-state index is -4.35. The maximum atomic E-state index is 11.7. The van der Waals surface area contributed by atoms with Crippen molar-refractivity contribution in [2.45, 2.75) is 6.18 Å². The van der Waals surface area contributed by atoms with Crippen LogP contribution in [0.5, 0.6) is 0 Å². The molecule has 10 heavy (non-hydrogen) atoms. The molecule has 1 radical (unpaired) electrons. The smallest absolute Gasteiger partial charge is 0.297 e. The first-order valence-electron chi connectivity index (χ1n) is 2.48. The van der Waals surface area contributed by atoms with Crippen LogP contribution in [-0.2, 0) is 0 Å². The van der Waals surface area contributed by atoms with Gasteiger partial charge in [0, 0.05) is 13.2 Å². The summed E-state index contributed by atoms with van der Waals surface area (Å²) in [5.41, 5.74) is 4.21. The van der Waals surface area contributed by atoms with E-state index >= 15 is 0 Å². The van der Waals surface area contributed by atoms with Gasteiger partial charge in [-0.3, -0.25) is 5.01 Å². The largest absolute Gasteiger partial charge is 0.436 e. The first kappa shape index (κ1) is 7.20. The lowest BCUT2D eigenvalue weighted by molar-refractivity contribution is -0.0970. The fourth-order valence-electron chi connectivity index (χ4n) is 0.510. The highest BCUT2D eigenvalue weighted by Gasteiger charge is 2.37. The Morgan fingerprint density at radius 2 is 2.20 bits per heavy atom. The van der Waals surface area contributed by atoms with Gasteiger partial charge >= 0.3 is 6.18 Å². The van der Waals surface area contributed by atoms with Crippen LogP contribution in [-0.4, -0.2) is 18.2 Å². The van der Waals surface area contributed by atoms with Gasteiger partial charge in [-0.15, -0.1) is 5.53 Å². The standard InChI is InChI=1S/C4H5F3N3/c1-10-2-3(8-9-10)4(5,6)7/h2,9H,1H3. The zero-order valence-electron chi connectivity index (χ0n) is 5.11. The van der Waals surface area contributed by atoms with Crippen molar-refractivity contribution < 1.29 is 13.2 Å². The van der Waals surface area contributed by atoms with Gasteiger partial charge < -0.3 is 0 Å². The van der Waals surface area contributed by atoms with Crippen LogP contribution in [0.4, 0.5) is 13.2 Å². The number of alkyl halides is 3. The summed E-state index contributed by atoms with van der Waals surface area (Å²) in [6, 6.07) is 0. The van der Waals surface area contributed by atoms with Crippen LogP contribution in [0.3, 0.4) is 0 Å². The minimum absolute atomic E-state index is 0.875. The number of nitrogens with zero attached hydrogens (tertiary/aromatic N) is 2. The van der Waals surface area contributed by atoms with Crippen molar-refractivity contribution in [3.05, 3.63) is 11.9 Å². The van der Waals surface area contributed by atoms with Gasteiger partial charge in [0.05, 0.1) is 0 Å². The molecule has 0 saturated carbocycles. The van der Waals surface area contributed by atoms with E-state index < -0.39 is 11.9 Å². The third kappa shape index (κ3) is 1.32. The molecule has 1 aliphatic rings. The van der Waals surface area contributed by atoms with Gasteiger partial charge in [0.25, 0.3) is 0 Å². The molecule has 1 heterocycles. The molecule has 0 atom stereocenters. The zero-order valence-corrected chi connectivity index (χ0v) is 5.11. The molecule has 1 N–H and O–H groups in total. The van der Waals surface area contributed by atoms with Crippen molar-refractivity contribution in [2.75, 3.05) is 7.05 Å². The summed E-state index contributed by atoms with van der Waals surface area (Å²) in [4.78, 5) is 0. The van der Waals surface area contributed by atoms with Gasteiger partial charge in [-0.2, -0.15) is 18.6 Å². The van der Waals surface area contributed by atoms with E-state index in [0.717, 1.165) is 11.2 Å². The Labute approximate surface area is 55.4 Å². The van der Waals surface area contributed by atoms with E-state index in [4.69, 9.17) is 0 Å². The van der Waals surface area contributed by atoms with Crippen molar-refractivity contribution in [3.8, 4) is 0 Å². The van der Waals surface area contributed by atoms with Crippen molar-refractivity contribution in [1.29, 1.82) is 0 Å². The number of hydrogen-bond acceptors (Lipinski definition) is 2. The van der Waals surface area contributed by atoms with E-state index in [-0.39, 0.29) is 0 Å². The second-order valence-electron chi connectivity index (χ2n) is 1.83. The van der Waals surface area contributed by atoms with E-state index in [1.54, 1.807) is 0 Å². The van der Waals surface area contributed by atoms with E-state index in [9.17, 15) is 13.2 Å². The number of nitrogens with one attached hydrogen (secondary N) is 1. The van der Waals surface area contributed by atoms with Gasteiger partial charge in [-0.25, -0.2) is 0 Å². The first-order chi connectivity index (χ1) is 4.50. The average molecular weight is 152 g/mol. The predicted molar refractivity (Wildman–Crippen MR) is 27.2 cm³/mol. The first-order valence-corrected chi connectivity index (χ1v) is 2.48. The molecule has 0 aromatic heterocycles. The number of hydrazine groups is 1. The van der Waals surface area contributed by atoms with Crippen LogP contribution in [0, 0.1) is 0 Å². The molecule has 0 amide bonds. The van der Waals surface area contributed by atoms with Gasteiger partial charge in [0.2, 0.25) is 0 Å². The fraction of sp³-hybridized carbons (Fsp3) is 0.500. The number of allylic oxidation sites excluding steroid dienone is 1. The molecule has 0 aromatic rings. The second-order valence-corrected chi connectivity index (χ2v) is 1.83. The Balaban J connectivity index is 2.67. The Kier molecular flexibility index (Phi) is 1.47. The van der Waals surface area contributed by atoms with Crippen LogP contribution in [0.25, 0.3) is 0 Å². The van der Waals surface area contributed by atoms with E-state index in [1.807, 2.05) is 0 Å². The lowest BCUT2D eigenvalue weighted by Crippen LogP contribution is -2.30. The normalized spacial score (nSPS) is 18.8. The Morgan fingerprint density at radius 3 is 2.40 bits per heavy atom. The molecule has 6 heteroatoms. The molecule has 3 nitrogen and oxygen atoms in total. The average Bonchev–Trinajstić information content (AvgIpc) is 2.11. The highest BCUT2D eigenvalue weighted by Crippen LogP contribution is 2.25. The Hall–Kier alpha value is -0.910. The summed E-state index contributed by atoms with van der Waals surface area (Å²) in [6.07, 6.45) is -3.47. The van der Waals surface area contributed by atoms with Crippen molar-refractivity contribution >= 4 is 0 Å². The van der Waals surface area contributed by atoms with Crippen LogP contribution < -0.4 is 11.0 Å². The molecule has 1 aliphatic heterocycles. The van der Waals surface area contributed by atoms with E-state index in [1.165, 1.54) is 7.05 Å². The molecule has 0 spiro atoms. The molecule has 0 bridgehead atoms. The summed E-state index contributed by atoms with van der Waals surface area (Å²) in [7, 11) is 1.43. The van der Waals surface area contributed by atoms with Crippen LogP contribution in [0.1, 0.15) is 0 Å². The molecule has 0 saturated heterocycles. The van der Waals surface area contributed by atoms with E-state index in [2.05, 4.69) is 11.0 Å². The minimum Gasteiger partial charge on any atom is -0.297 e. The maximum absolute atomic E-state index is 11.7. The highest BCUT2D eigenvalue weighted by atomic mass is 19.4. The second kappa shape index (κ2) is 2.05. The maximum Gasteiger partial charge on any atom is 0.436 e. The summed E-state index contributed by atoms with van der Waals surface area (Å²) in [5.74, 6) is 0. The molecule has 0 aliphatic carbocycles. The van der Waals surface area contributed by atoms with Gasteiger partial charge in [-0.05, 0) is 0 Å². The van der Waals surface area contributed by atoms with Gasteiger partial charge in [-0.1, -0.05) is 0 Å². The summed E-state index contributed by atoms with van der Waals surface area (Å²) >= 11 is 0. The molecule has 0 unspecified atom stereocenters. The molecular formula is C4H5F3N3. The molecule has 57 valence electrons. The Bertz CT molecular complexity index is 162. The predicted octanol–water partition coefficient (Wildman–Crippen LogP) is 0.359. The SMILES string of the molecule is CN1C=C(C(F)(F)F)[N]N1. The topological polar surface area (TPSA) is 29.4 Å². The quantitative estimate of drug-likeness (QED) is 0.543. The molecule has 0 aromatic carbocycles. The monoisotopic (exact) mass is 152 g/mol. The summed E-state index contributed by atoms with van der Waals surface area (Å²) < 4.78 is 35.1. The van der Waals surface area contributed by atoms with Crippen molar-refractivity contribution in [2.24, 2.45) is 0 Å². The van der Waals surface area contributed by atoms with E-state index in [0.29, 0.717) is 0 Å². The lowest BCUT2D eigenvalue weighted by Gasteiger charge is -2.03. The fourth-order valence-corrected chi connectivity index (χ4v) is 0.510. The van der Waals surface area contributed by atoms with Crippen LogP contribution in [0.2, 0.25) is 0 Å². The number of halogens is 3.